The standard InChI is InChI=1S/C20H21F2N5O/c1-12-6-14(4-5-16(12)21)18(28)26-9-15(8-20(3,22)10-26)17-7-13(2)25-19-23-11-24-27(17)19/h4-7,11,15H,8-10H2,1-3H3. The first-order valence-electron chi connectivity index (χ1n) is 9.15. The molecule has 28 heavy (non-hydrogen) atoms. The summed E-state index contributed by atoms with van der Waals surface area (Å²) in [6.07, 6.45) is 1.67. The lowest BCUT2D eigenvalue weighted by Crippen LogP contribution is -2.49. The minimum absolute atomic E-state index is 0.0106. The van der Waals surface area contributed by atoms with Gasteiger partial charge < -0.3 is 4.90 Å². The number of hydrogen-bond acceptors (Lipinski definition) is 4. The summed E-state index contributed by atoms with van der Waals surface area (Å²) in [6, 6.07) is 6.07. The average Bonchev–Trinajstić information content (AvgIpc) is 3.09. The normalized spacial score (nSPS) is 22.6. The highest BCUT2D eigenvalue weighted by Crippen LogP contribution is 2.35. The molecule has 1 fully saturated rings. The van der Waals surface area contributed by atoms with Crippen molar-refractivity contribution in [2.24, 2.45) is 0 Å². The lowest BCUT2D eigenvalue weighted by molar-refractivity contribution is 0.0342. The molecule has 1 saturated heterocycles. The van der Waals surface area contributed by atoms with Gasteiger partial charge in [0.15, 0.2) is 0 Å². The number of nitrogens with zero attached hydrogens (tertiary/aromatic N) is 5. The fourth-order valence-electron chi connectivity index (χ4n) is 3.93. The molecule has 0 saturated carbocycles. The monoisotopic (exact) mass is 385 g/mol. The van der Waals surface area contributed by atoms with Crippen molar-refractivity contribution in [3.05, 3.63) is 58.9 Å². The molecule has 1 aromatic carbocycles. The Morgan fingerprint density at radius 3 is 2.82 bits per heavy atom. The first-order chi connectivity index (χ1) is 13.2. The molecule has 0 bridgehead atoms. The van der Waals surface area contributed by atoms with Crippen LogP contribution in [0.3, 0.4) is 0 Å². The van der Waals surface area contributed by atoms with Crippen molar-refractivity contribution in [1.82, 2.24) is 24.5 Å². The van der Waals surface area contributed by atoms with Crippen LogP contribution in [0.5, 0.6) is 0 Å². The average molecular weight is 385 g/mol. The van der Waals surface area contributed by atoms with E-state index >= 15 is 4.39 Å². The van der Waals surface area contributed by atoms with E-state index in [4.69, 9.17) is 0 Å². The topological polar surface area (TPSA) is 63.4 Å². The highest BCUT2D eigenvalue weighted by atomic mass is 19.1. The third-order valence-electron chi connectivity index (χ3n) is 5.15. The maximum Gasteiger partial charge on any atom is 0.253 e. The Morgan fingerprint density at radius 1 is 1.29 bits per heavy atom. The van der Waals surface area contributed by atoms with E-state index in [1.165, 1.54) is 36.4 Å². The van der Waals surface area contributed by atoms with Gasteiger partial charge in [0.25, 0.3) is 11.7 Å². The van der Waals surface area contributed by atoms with Crippen LogP contribution in [0.15, 0.2) is 30.6 Å². The van der Waals surface area contributed by atoms with Gasteiger partial charge in [0, 0.05) is 23.7 Å². The molecule has 1 amide bonds. The van der Waals surface area contributed by atoms with Gasteiger partial charge in [-0.05, 0) is 57.0 Å². The molecule has 146 valence electrons. The molecule has 6 nitrogen and oxygen atoms in total. The second-order valence-electron chi connectivity index (χ2n) is 7.76. The number of halogens is 2. The number of benzene rings is 1. The van der Waals surface area contributed by atoms with Crippen molar-refractivity contribution in [2.75, 3.05) is 13.1 Å². The molecule has 0 aliphatic carbocycles. The number of amides is 1. The smallest absolute Gasteiger partial charge is 0.253 e. The van der Waals surface area contributed by atoms with Crippen molar-refractivity contribution in [3.8, 4) is 0 Å². The van der Waals surface area contributed by atoms with Crippen LogP contribution in [0.25, 0.3) is 5.78 Å². The van der Waals surface area contributed by atoms with Crippen LogP contribution in [0, 0.1) is 19.7 Å². The van der Waals surface area contributed by atoms with Crippen molar-refractivity contribution < 1.29 is 13.6 Å². The Balaban J connectivity index is 1.69. The third-order valence-corrected chi connectivity index (χ3v) is 5.15. The van der Waals surface area contributed by atoms with Crippen LogP contribution < -0.4 is 0 Å². The summed E-state index contributed by atoms with van der Waals surface area (Å²) in [5, 5.41) is 4.21. The van der Waals surface area contributed by atoms with E-state index in [9.17, 15) is 9.18 Å². The summed E-state index contributed by atoms with van der Waals surface area (Å²) in [5.41, 5.74) is 0.714. The van der Waals surface area contributed by atoms with E-state index < -0.39 is 5.67 Å². The van der Waals surface area contributed by atoms with Crippen LogP contribution in [-0.4, -0.2) is 49.1 Å². The van der Waals surface area contributed by atoms with Crippen molar-refractivity contribution in [1.29, 1.82) is 0 Å². The van der Waals surface area contributed by atoms with Crippen LogP contribution in [0.2, 0.25) is 0 Å². The Bertz CT molecular complexity index is 1060. The van der Waals surface area contributed by atoms with E-state index in [-0.39, 0.29) is 30.6 Å². The Kier molecular flexibility index (Phi) is 4.36. The van der Waals surface area contributed by atoms with Gasteiger partial charge in [-0.2, -0.15) is 10.1 Å². The van der Waals surface area contributed by atoms with Crippen LogP contribution >= 0.6 is 0 Å². The SMILES string of the molecule is Cc1cc(C2CN(C(=O)c3ccc(F)c(C)c3)CC(C)(F)C2)n2ncnc2n1. The lowest BCUT2D eigenvalue weighted by atomic mass is 9.85. The summed E-state index contributed by atoms with van der Waals surface area (Å²) < 4.78 is 30.3. The molecule has 2 atom stereocenters. The maximum absolute atomic E-state index is 15.2. The Morgan fingerprint density at radius 2 is 2.07 bits per heavy atom. The summed E-state index contributed by atoms with van der Waals surface area (Å²) in [6.45, 7) is 5.28. The molecular weight excluding hydrogens is 364 g/mol. The van der Waals surface area contributed by atoms with E-state index in [1.807, 2.05) is 13.0 Å². The Hall–Kier alpha value is -2.90. The number of fused-ring (bicyclic) bond motifs is 1. The number of carbonyl (C=O) groups is 1. The summed E-state index contributed by atoms with van der Waals surface area (Å²) in [4.78, 5) is 22.9. The zero-order valence-corrected chi connectivity index (χ0v) is 16.0. The van der Waals surface area contributed by atoms with Gasteiger partial charge in [0.2, 0.25) is 0 Å². The highest BCUT2D eigenvalue weighted by Gasteiger charge is 2.40. The summed E-state index contributed by atoms with van der Waals surface area (Å²) >= 11 is 0. The number of rotatable bonds is 2. The number of likely N-dealkylation sites (tertiary alicyclic amines) is 1. The molecule has 0 radical (unpaired) electrons. The zero-order valence-electron chi connectivity index (χ0n) is 16.0. The van der Waals surface area contributed by atoms with Crippen molar-refractivity contribution >= 4 is 11.7 Å². The number of alkyl halides is 1. The van der Waals surface area contributed by atoms with Gasteiger partial charge in [-0.3, -0.25) is 4.79 Å². The van der Waals surface area contributed by atoms with Crippen molar-refractivity contribution in [3.63, 3.8) is 0 Å². The van der Waals surface area contributed by atoms with E-state index in [2.05, 4.69) is 15.1 Å². The minimum atomic E-state index is -1.56. The first kappa shape index (κ1) is 18.5. The molecule has 0 spiro atoms. The number of aromatic nitrogens is 4. The summed E-state index contributed by atoms with van der Waals surface area (Å²) in [5.74, 6) is -0.491. The number of aryl methyl sites for hydroxylation is 2. The highest BCUT2D eigenvalue weighted by molar-refractivity contribution is 5.94. The number of carbonyl (C=O) groups excluding carboxylic acids is 1. The fourth-order valence-corrected chi connectivity index (χ4v) is 3.93. The van der Waals surface area contributed by atoms with Gasteiger partial charge in [-0.15, -0.1) is 0 Å². The molecule has 0 N–H and O–H groups in total. The number of hydrogen-bond donors (Lipinski definition) is 0. The molecule has 1 aliphatic heterocycles. The molecule has 8 heteroatoms. The largest absolute Gasteiger partial charge is 0.335 e. The molecular formula is C20H21F2N5O. The van der Waals surface area contributed by atoms with Gasteiger partial charge in [0.1, 0.15) is 17.8 Å². The zero-order chi connectivity index (χ0) is 20.1. The number of piperidine rings is 1. The summed E-state index contributed by atoms with van der Waals surface area (Å²) in [7, 11) is 0. The van der Waals surface area contributed by atoms with Crippen LogP contribution in [0.4, 0.5) is 8.78 Å². The molecule has 1 aliphatic rings. The van der Waals surface area contributed by atoms with Gasteiger partial charge >= 0.3 is 0 Å². The van der Waals surface area contributed by atoms with Gasteiger partial charge in [0.05, 0.1) is 12.2 Å². The molecule has 3 heterocycles. The van der Waals surface area contributed by atoms with Gasteiger partial charge in [-0.25, -0.2) is 18.3 Å². The quantitative estimate of drug-likeness (QED) is 0.679. The van der Waals surface area contributed by atoms with Gasteiger partial charge in [-0.1, -0.05) is 0 Å². The maximum atomic E-state index is 15.2. The Labute approximate surface area is 161 Å². The van der Waals surface area contributed by atoms with Crippen LogP contribution in [-0.2, 0) is 0 Å². The first-order valence-corrected chi connectivity index (χ1v) is 9.15. The fraction of sp³-hybridized carbons (Fsp3) is 0.400. The second kappa shape index (κ2) is 6.61. The van der Waals surface area contributed by atoms with Crippen LogP contribution in [0.1, 0.15) is 46.6 Å². The van der Waals surface area contributed by atoms with E-state index in [1.54, 1.807) is 11.4 Å². The molecule has 4 rings (SSSR count). The predicted octanol–water partition coefficient (Wildman–Crippen LogP) is 3.24. The second-order valence-corrected chi connectivity index (χ2v) is 7.76. The molecule has 2 unspecified atom stereocenters. The minimum Gasteiger partial charge on any atom is -0.335 e. The third kappa shape index (κ3) is 3.34. The predicted molar refractivity (Wildman–Crippen MR) is 99.4 cm³/mol. The molecule has 3 aromatic rings. The molecule has 2 aromatic heterocycles. The van der Waals surface area contributed by atoms with E-state index in [0.717, 1.165) is 11.4 Å². The van der Waals surface area contributed by atoms with Crippen molar-refractivity contribution in [2.45, 2.75) is 38.8 Å². The van der Waals surface area contributed by atoms with E-state index in [0.29, 0.717) is 23.4 Å². The lowest BCUT2D eigenvalue weighted by Gasteiger charge is -2.40.